The van der Waals surface area contributed by atoms with E-state index in [4.69, 9.17) is 4.84 Å². The summed E-state index contributed by atoms with van der Waals surface area (Å²) in [6.45, 7) is 6.30. The summed E-state index contributed by atoms with van der Waals surface area (Å²) in [6, 6.07) is 0. The Hall–Kier alpha value is -2.16. The molecular formula is C16H26N4O5. The predicted octanol–water partition coefficient (Wildman–Crippen LogP) is -0.289. The first-order valence-electron chi connectivity index (χ1n) is 8.37. The topological polar surface area (TPSA) is 101 Å². The zero-order valence-electron chi connectivity index (χ0n) is 15.2. The van der Waals surface area contributed by atoms with Crippen LogP contribution in [0.2, 0.25) is 0 Å². The molecule has 2 amide bonds. The second-order valence-corrected chi connectivity index (χ2v) is 6.55. The van der Waals surface area contributed by atoms with E-state index in [0.717, 1.165) is 5.71 Å². The summed E-state index contributed by atoms with van der Waals surface area (Å²) in [6.07, 6.45) is 0.433. The Morgan fingerprint density at radius 2 is 1.96 bits per heavy atom. The van der Waals surface area contributed by atoms with Gasteiger partial charge in [-0.3, -0.25) is 19.7 Å². The van der Waals surface area contributed by atoms with Crippen LogP contribution in [0.25, 0.3) is 0 Å². The number of methoxy groups -OCH3 is 1. The van der Waals surface area contributed by atoms with Crippen molar-refractivity contribution >= 4 is 23.5 Å². The first-order chi connectivity index (χ1) is 11.8. The number of rotatable bonds is 5. The summed E-state index contributed by atoms with van der Waals surface area (Å²) in [5.41, 5.74) is 0.147. The Morgan fingerprint density at radius 3 is 2.52 bits per heavy atom. The van der Waals surface area contributed by atoms with Crippen molar-refractivity contribution in [3.8, 4) is 0 Å². The van der Waals surface area contributed by atoms with Crippen molar-refractivity contribution in [3.63, 3.8) is 0 Å². The number of amides is 2. The van der Waals surface area contributed by atoms with Crippen molar-refractivity contribution in [1.82, 2.24) is 15.1 Å². The molecule has 2 aliphatic rings. The molecule has 9 heteroatoms. The van der Waals surface area contributed by atoms with Gasteiger partial charge in [-0.05, 0) is 20.8 Å². The van der Waals surface area contributed by atoms with Crippen LogP contribution in [0, 0.1) is 0 Å². The van der Waals surface area contributed by atoms with Gasteiger partial charge in [-0.1, -0.05) is 5.16 Å². The van der Waals surface area contributed by atoms with Crippen LogP contribution in [-0.4, -0.2) is 78.4 Å². The van der Waals surface area contributed by atoms with E-state index in [9.17, 15) is 14.4 Å². The van der Waals surface area contributed by atoms with Gasteiger partial charge in [0.05, 0.1) is 25.0 Å². The molecule has 0 aromatic carbocycles. The highest BCUT2D eigenvalue weighted by Gasteiger charge is 2.48. The number of likely N-dealkylation sites (tertiary alicyclic amines) is 1. The molecule has 1 unspecified atom stereocenters. The normalized spacial score (nSPS) is 20.4. The monoisotopic (exact) mass is 354 g/mol. The van der Waals surface area contributed by atoms with Crippen LogP contribution in [0.3, 0.4) is 0 Å². The molecule has 140 valence electrons. The molecule has 0 aliphatic carbocycles. The number of ether oxygens (including phenoxy) is 1. The molecule has 0 saturated carbocycles. The highest BCUT2D eigenvalue weighted by Crippen LogP contribution is 2.30. The molecule has 2 fully saturated rings. The summed E-state index contributed by atoms with van der Waals surface area (Å²) in [4.78, 5) is 44.6. The Morgan fingerprint density at radius 1 is 1.32 bits per heavy atom. The molecule has 2 rings (SSSR count). The molecule has 2 heterocycles. The SMILES string of the molecule is COC(=O)CN1C(=O)CNC12CCN(C(=O)C(C)ON=C(C)C)CC2. The summed E-state index contributed by atoms with van der Waals surface area (Å²) < 4.78 is 4.68. The zero-order valence-corrected chi connectivity index (χ0v) is 15.2. The Balaban J connectivity index is 1.97. The number of hydrogen-bond acceptors (Lipinski definition) is 7. The number of nitrogens with zero attached hydrogens (tertiary/aromatic N) is 3. The standard InChI is InChI=1S/C16H26N4O5/c1-11(2)18-25-12(3)15(23)19-7-5-16(6-8-19)17-9-13(21)20(16)10-14(22)24-4/h12,17H,5-10H2,1-4H3. The van der Waals surface area contributed by atoms with E-state index in [1.807, 2.05) is 0 Å². The largest absolute Gasteiger partial charge is 0.468 e. The third kappa shape index (κ3) is 4.28. The van der Waals surface area contributed by atoms with Crippen molar-refractivity contribution in [3.05, 3.63) is 0 Å². The number of piperidine rings is 1. The fraction of sp³-hybridized carbons (Fsp3) is 0.750. The van der Waals surface area contributed by atoms with Gasteiger partial charge in [0.15, 0.2) is 0 Å². The van der Waals surface area contributed by atoms with Gasteiger partial charge in [0.2, 0.25) is 12.0 Å². The van der Waals surface area contributed by atoms with Crippen molar-refractivity contribution in [2.45, 2.75) is 45.4 Å². The van der Waals surface area contributed by atoms with Gasteiger partial charge < -0.3 is 19.4 Å². The molecule has 0 bridgehead atoms. The highest BCUT2D eigenvalue weighted by molar-refractivity contribution is 5.86. The van der Waals surface area contributed by atoms with E-state index in [1.165, 1.54) is 12.0 Å². The van der Waals surface area contributed by atoms with Crippen LogP contribution >= 0.6 is 0 Å². The third-order valence-electron chi connectivity index (χ3n) is 4.54. The van der Waals surface area contributed by atoms with Crippen molar-refractivity contribution in [2.75, 3.05) is 33.3 Å². The molecule has 9 nitrogen and oxygen atoms in total. The van der Waals surface area contributed by atoms with Crippen LogP contribution in [0.1, 0.15) is 33.6 Å². The van der Waals surface area contributed by atoms with Gasteiger partial charge in [-0.2, -0.15) is 0 Å². The fourth-order valence-electron chi connectivity index (χ4n) is 3.13. The molecular weight excluding hydrogens is 328 g/mol. The fourth-order valence-corrected chi connectivity index (χ4v) is 3.13. The molecule has 1 atom stereocenters. The van der Waals surface area contributed by atoms with E-state index >= 15 is 0 Å². The summed E-state index contributed by atoms with van der Waals surface area (Å²) in [5, 5.41) is 7.04. The first-order valence-corrected chi connectivity index (χ1v) is 8.37. The minimum absolute atomic E-state index is 0.0831. The lowest BCUT2D eigenvalue weighted by atomic mass is 9.95. The molecule has 0 aromatic heterocycles. The Kier molecular flexibility index (Phi) is 5.99. The van der Waals surface area contributed by atoms with E-state index < -0.39 is 17.7 Å². The quantitative estimate of drug-likeness (QED) is 0.414. The molecule has 25 heavy (non-hydrogen) atoms. The van der Waals surface area contributed by atoms with Crippen LogP contribution in [-0.2, 0) is 24.0 Å². The van der Waals surface area contributed by atoms with E-state index in [0.29, 0.717) is 25.9 Å². The highest BCUT2D eigenvalue weighted by atomic mass is 16.6. The lowest BCUT2D eigenvalue weighted by Gasteiger charge is -2.44. The number of nitrogens with one attached hydrogen (secondary N) is 1. The molecule has 1 N–H and O–H groups in total. The van der Waals surface area contributed by atoms with Gasteiger partial charge in [-0.15, -0.1) is 0 Å². The predicted molar refractivity (Wildman–Crippen MR) is 89.6 cm³/mol. The molecule has 2 aliphatic heterocycles. The smallest absolute Gasteiger partial charge is 0.325 e. The number of carbonyl (C=O) groups excluding carboxylic acids is 3. The minimum atomic E-state index is -0.659. The molecule has 1 spiro atoms. The number of hydrogen-bond donors (Lipinski definition) is 1. The van der Waals surface area contributed by atoms with Crippen molar-refractivity contribution in [1.29, 1.82) is 0 Å². The molecule has 0 aromatic rings. The van der Waals surface area contributed by atoms with Crippen molar-refractivity contribution < 1.29 is 24.0 Å². The van der Waals surface area contributed by atoms with Gasteiger partial charge in [0.25, 0.3) is 5.91 Å². The maximum Gasteiger partial charge on any atom is 0.325 e. The van der Waals surface area contributed by atoms with E-state index in [2.05, 4.69) is 15.2 Å². The summed E-state index contributed by atoms with van der Waals surface area (Å²) in [7, 11) is 1.30. The lowest BCUT2D eigenvalue weighted by molar-refractivity contribution is -0.152. The van der Waals surface area contributed by atoms with Crippen LogP contribution < -0.4 is 5.32 Å². The Bertz CT molecular complexity index is 565. The molecule has 0 radical (unpaired) electrons. The van der Waals surface area contributed by atoms with E-state index in [1.54, 1.807) is 25.7 Å². The number of esters is 1. The Labute approximate surface area is 147 Å². The van der Waals surface area contributed by atoms with E-state index in [-0.39, 0.29) is 24.9 Å². The van der Waals surface area contributed by atoms with Gasteiger partial charge >= 0.3 is 5.97 Å². The van der Waals surface area contributed by atoms with Crippen LogP contribution in [0.4, 0.5) is 0 Å². The number of carbonyl (C=O) groups is 3. The maximum absolute atomic E-state index is 12.4. The minimum Gasteiger partial charge on any atom is -0.468 e. The van der Waals surface area contributed by atoms with Crippen LogP contribution in [0.15, 0.2) is 5.16 Å². The second-order valence-electron chi connectivity index (χ2n) is 6.55. The average Bonchev–Trinajstić information content (AvgIpc) is 2.89. The second kappa shape index (κ2) is 7.81. The average molecular weight is 354 g/mol. The van der Waals surface area contributed by atoms with Gasteiger partial charge in [-0.25, -0.2) is 0 Å². The van der Waals surface area contributed by atoms with Gasteiger partial charge in [0, 0.05) is 25.9 Å². The van der Waals surface area contributed by atoms with Crippen molar-refractivity contribution in [2.24, 2.45) is 5.16 Å². The number of oxime groups is 1. The van der Waals surface area contributed by atoms with Gasteiger partial charge in [0.1, 0.15) is 6.54 Å². The zero-order chi connectivity index (χ0) is 18.6. The summed E-state index contributed by atoms with van der Waals surface area (Å²) in [5.74, 6) is -0.719. The first kappa shape index (κ1) is 19.2. The third-order valence-corrected chi connectivity index (χ3v) is 4.54. The van der Waals surface area contributed by atoms with Crippen LogP contribution in [0.5, 0.6) is 0 Å². The maximum atomic E-state index is 12.4. The summed E-state index contributed by atoms with van der Waals surface area (Å²) >= 11 is 0. The lowest BCUT2D eigenvalue weighted by Crippen LogP contribution is -2.60. The molecule has 2 saturated heterocycles.